The van der Waals surface area contributed by atoms with Gasteiger partial charge in [-0.05, 0) is 48.7 Å². The Balaban J connectivity index is 1.53. The van der Waals surface area contributed by atoms with E-state index >= 15 is 0 Å². The van der Waals surface area contributed by atoms with Gasteiger partial charge in [-0.2, -0.15) is 0 Å². The fraction of sp³-hybridized carbons (Fsp3) is 0.250. The van der Waals surface area contributed by atoms with E-state index in [-0.39, 0.29) is 5.91 Å². The molecule has 0 atom stereocenters. The minimum absolute atomic E-state index is 0.188. The van der Waals surface area contributed by atoms with Crippen molar-refractivity contribution in [2.75, 3.05) is 13.1 Å². The second kappa shape index (κ2) is 6.92. The molecule has 1 fully saturated rings. The number of amides is 1. The zero-order valence-corrected chi connectivity index (χ0v) is 15.6. The predicted octanol–water partition coefficient (Wildman–Crippen LogP) is 1.99. The summed E-state index contributed by atoms with van der Waals surface area (Å²) in [4.78, 5) is 42.4. The predicted molar refractivity (Wildman–Crippen MR) is 106 cm³/mol. The maximum atomic E-state index is 12.9. The molecule has 0 unspecified atom stereocenters. The Morgan fingerprint density at radius 3 is 2.21 bits per heavy atom. The van der Waals surface area contributed by atoms with Crippen LogP contribution >= 0.6 is 11.6 Å². The van der Waals surface area contributed by atoms with Crippen LogP contribution in [0.4, 0.5) is 0 Å². The molecule has 2 heterocycles. The van der Waals surface area contributed by atoms with Gasteiger partial charge in [0.25, 0.3) is 5.91 Å². The Bertz CT molecular complexity index is 1160. The lowest BCUT2D eigenvalue weighted by Crippen LogP contribution is -2.45. The number of H-pyrrole nitrogens is 2. The second-order valence-electron chi connectivity index (χ2n) is 7.00. The van der Waals surface area contributed by atoms with Crippen molar-refractivity contribution in [3.8, 4) is 0 Å². The summed E-state index contributed by atoms with van der Waals surface area (Å²) in [6.07, 6.45) is 0.830. The fourth-order valence-corrected chi connectivity index (χ4v) is 3.68. The summed E-state index contributed by atoms with van der Waals surface area (Å²) in [7, 11) is 0. The minimum Gasteiger partial charge on any atom is -0.385 e. The van der Waals surface area contributed by atoms with Crippen LogP contribution < -0.4 is 11.1 Å². The lowest BCUT2D eigenvalue weighted by atomic mass is 9.84. The normalized spacial score (nSPS) is 16.3. The van der Waals surface area contributed by atoms with Gasteiger partial charge in [0.2, 0.25) is 0 Å². The van der Waals surface area contributed by atoms with Gasteiger partial charge in [-0.15, -0.1) is 0 Å². The molecule has 0 spiro atoms. The van der Waals surface area contributed by atoms with Crippen LogP contribution in [0.25, 0.3) is 11.0 Å². The number of aromatic nitrogens is 2. The zero-order valence-electron chi connectivity index (χ0n) is 14.9. The van der Waals surface area contributed by atoms with Crippen LogP contribution in [0, 0.1) is 0 Å². The molecule has 7 nitrogen and oxygen atoms in total. The van der Waals surface area contributed by atoms with Gasteiger partial charge in [0, 0.05) is 23.7 Å². The number of hydrogen-bond acceptors (Lipinski definition) is 4. The molecule has 2 aromatic carbocycles. The molecular weight excluding hydrogens is 382 g/mol. The summed E-state index contributed by atoms with van der Waals surface area (Å²) >= 11 is 5.91. The van der Waals surface area contributed by atoms with Crippen LogP contribution in [0.2, 0.25) is 5.02 Å². The third-order valence-corrected chi connectivity index (χ3v) is 5.48. The van der Waals surface area contributed by atoms with Gasteiger partial charge >= 0.3 is 11.1 Å². The molecule has 8 heteroatoms. The highest BCUT2D eigenvalue weighted by Crippen LogP contribution is 2.33. The average Bonchev–Trinajstić information content (AvgIpc) is 2.69. The smallest absolute Gasteiger partial charge is 0.314 e. The van der Waals surface area contributed by atoms with Gasteiger partial charge in [0.15, 0.2) is 0 Å². The van der Waals surface area contributed by atoms with Crippen LogP contribution in [-0.2, 0) is 5.60 Å². The van der Waals surface area contributed by atoms with Crippen LogP contribution in [0.5, 0.6) is 0 Å². The number of nitrogens with one attached hydrogen (secondary N) is 2. The average molecular weight is 400 g/mol. The molecule has 1 aliphatic rings. The quantitative estimate of drug-likeness (QED) is 0.573. The third-order valence-electron chi connectivity index (χ3n) is 5.23. The summed E-state index contributed by atoms with van der Waals surface area (Å²) in [6.45, 7) is 0.802. The van der Waals surface area contributed by atoms with Crippen LogP contribution in [0.1, 0.15) is 28.8 Å². The van der Waals surface area contributed by atoms with Crippen molar-refractivity contribution in [2.24, 2.45) is 0 Å². The van der Waals surface area contributed by atoms with Gasteiger partial charge in [0.1, 0.15) is 0 Å². The van der Waals surface area contributed by atoms with Crippen molar-refractivity contribution >= 4 is 28.5 Å². The Kier molecular flexibility index (Phi) is 4.56. The number of benzene rings is 2. The molecule has 1 aliphatic heterocycles. The highest BCUT2D eigenvalue weighted by Gasteiger charge is 2.35. The summed E-state index contributed by atoms with van der Waals surface area (Å²) in [5.41, 5.74) is -0.437. The van der Waals surface area contributed by atoms with Gasteiger partial charge < -0.3 is 20.0 Å². The lowest BCUT2D eigenvalue weighted by molar-refractivity contribution is -0.0211. The van der Waals surface area contributed by atoms with Gasteiger partial charge in [0.05, 0.1) is 16.6 Å². The van der Waals surface area contributed by atoms with E-state index in [1.807, 2.05) is 0 Å². The number of carbonyl (C=O) groups is 1. The monoisotopic (exact) mass is 399 g/mol. The van der Waals surface area contributed by atoms with Crippen LogP contribution in [0.3, 0.4) is 0 Å². The molecule has 1 aromatic heterocycles. The first-order valence-corrected chi connectivity index (χ1v) is 9.28. The first kappa shape index (κ1) is 18.5. The molecule has 144 valence electrons. The summed E-state index contributed by atoms with van der Waals surface area (Å²) < 4.78 is 0. The van der Waals surface area contributed by atoms with E-state index in [1.165, 1.54) is 0 Å². The number of likely N-dealkylation sites (tertiary alicyclic amines) is 1. The van der Waals surface area contributed by atoms with Crippen molar-refractivity contribution in [1.82, 2.24) is 14.9 Å². The summed E-state index contributed by atoms with van der Waals surface area (Å²) in [6, 6.07) is 11.8. The topological polar surface area (TPSA) is 106 Å². The van der Waals surface area contributed by atoms with Gasteiger partial charge in [-0.3, -0.25) is 14.4 Å². The molecule has 3 N–H and O–H groups in total. The number of fused-ring (bicyclic) bond motifs is 1. The fourth-order valence-electron chi connectivity index (χ4n) is 3.56. The largest absolute Gasteiger partial charge is 0.385 e. The summed E-state index contributed by atoms with van der Waals surface area (Å²) in [5.74, 6) is -0.188. The molecule has 0 bridgehead atoms. The zero-order chi connectivity index (χ0) is 19.9. The molecule has 3 aromatic rings. The van der Waals surface area contributed by atoms with Crippen molar-refractivity contribution < 1.29 is 9.90 Å². The highest BCUT2D eigenvalue weighted by atomic mass is 35.5. The first-order valence-electron chi connectivity index (χ1n) is 8.90. The van der Waals surface area contributed by atoms with Crippen LogP contribution in [-0.4, -0.2) is 39.0 Å². The number of rotatable bonds is 2. The van der Waals surface area contributed by atoms with Gasteiger partial charge in [-0.25, -0.2) is 0 Å². The minimum atomic E-state index is -0.991. The van der Waals surface area contributed by atoms with Crippen molar-refractivity contribution in [1.29, 1.82) is 0 Å². The molecule has 28 heavy (non-hydrogen) atoms. The molecule has 0 saturated carbocycles. The molecule has 0 radical (unpaired) electrons. The number of aromatic amines is 2. The van der Waals surface area contributed by atoms with E-state index in [0.29, 0.717) is 47.6 Å². The first-order chi connectivity index (χ1) is 13.4. The van der Waals surface area contributed by atoms with E-state index in [2.05, 4.69) is 9.97 Å². The standard InChI is InChI=1S/C20H18ClN3O4/c21-14-4-2-13(3-5-14)20(28)7-9-24(10-8-20)19(27)12-1-6-15-16(11-12)23-18(26)17(25)22-15/h1-6,11,28H,7-10H2,(H,22,25)(H,23,26). The molecule has 4 rings (SSSR count). The Labute approximate surface area is 164 Å². The van der Waals surface area contributed by atoms with Crippen molar-refractivity contribution in [2.45, 2.75) is 18.4 Å². The maximum absolute atomic E-state index is 12.9. The van der Waals surface area contributed by atoms with Gasteiger partial charge in [-0.1, -0.05) is 23.7 Å². The van der Waals surface area contributed by atoms with E-state index in [0.717, 1.165) is 5.56 Å². The number of aliphatic hydroxyl groups is 1. The maximum Gasteiger partial charge on any atom is 0.314 e. The van der Waals surface area contributed by atoms with E-state index in [4.69, 9.17) is 11.6 Å². The number of piperidine rings is 1. The Morgan fingerprint density at radius 2 is 1.57 bits per heavy atom. The Hall–Kier alpha value is -2.90. The highest BCUT2D eigenvalue weighted by molar-refractivity contribution is 6.30. The Morgan fingerprint density at radius 1 is 0.964 bits per heavy atom. The summed E-state index contributed by atoms with van der Waals surface area (Å²) in [5, 5.41) is 11.6. The van der Waals surface area contributed by atoms with E-state index < -0.39 is 16.7 Å². The second-order valence-corrected chi connectivity index (χ2v) is 7.44. The van der Waals surface area contributed by atoms with E-state index in [9.17, 15) is 19.5 Å². The SMILES string of the molecule is O=C(c1ccc2[nH]c(=O)c(=O)[nH]c2c1)N1CCC(O)(c2ccc(Cl)cc2)CC1. The third kappa shape index (κ3) is 3.34. The molecule has 0 aliphatic carbocycles. The van der Waals surface area contributed by atoms with E-state index in [1.54, 1.807) is 47.4 Å². The number of hydrogen-bond donors (Lipinski definition) is 3. The van der Waals surface area contributed by atoms with Crippen molar-refractivity contribution in [3.05, 3.63) is 79.3 Å². The lowest BCUT2D eigenvalue weighted by Gasteiger charge is -2.38. The number of nitrogens with zero attached hydrogens (tertiary/aromatic N) is 1. The molecule has 1 saturated heterocycles. The van der Waals surface area contributed by atoms with Crippen molar-refractivity contribution in [3.63, 3.8) is 0 Å². The molecule has 1 amide bonds. The van der Waals surface area contributed by atoms with Crippen LogP contribution in [0.15, 0.2) is 52.1 Å². The number of carbonyl (C=O) groups excluding carboxylic acids is 1. The molecular formula is C20H18ClN3O4. The number of halogens is 1.